The van der Waals surface area contributed by atoms with Crippen LogP contribution in [0.4, 0.5) is 0 Å². The number of benzene rings is 1. The van der Waals surface area contributed by atoms with E-state index in [1.165, 1.54) is 6.92 Å². The van der Waals surface area contributed by atoms with Crippen LogP contribution in [0, 0.1) is 6.92 Å². The van der Waals surface area contributed by atoms with Crippen molar-refractivity contribution in [2.24, 2.45) is 0 Å². The maximum absolute atomic E-state index is 11.3. The molecule has 0 atom stereocenters. The summed E-state index contributed by atoms with van der Waals surface area (Å²) in [4.78, 5) is 11.3. The van der Waals surface area contributed by atoms with Crippen LogP contribution in [0.2, 0.25) is 5.02 Å². The van der Waals surface area contributed by atoms with Gasteiger partial charge in [0.1, 0.15) is 0 Å². The average Bonchev–Trinajstić information content (AvgIpc) is 2.70. The summed E-state index contributed by atoms with van der Waals surface area (Å²) < 4.78 is 1.89. The summed E-state index contributed by atoms with van der Waals surface area (Å²) in [6.45, 7) is 6.36. The number of hydrogen-bond donors (Lipinski definition) is 0. The van der Waals surface area contributed by atoms with E-state index in [-0.39, 0.29) is 5.78 Å². The van der Waals surface area contributed by atoms with Gasteiger partial charge in [-0.2, -0.15) is 5.10 Å². The van der Waals surface area contributed by atoms with Gasteiger partial charge in [-0.1, -0.05) is 17.7 Å². The molecule has 0 N–H and O–H groups in total. The highest BCUT2D eigenvalue weighted by molar-refractivity contribution is 6.34. The normalized spacial score (nSPS) is 10.7. The summed E-state index contributed by atoms with van der Waals surface area (Å²) in [5.41, 5.74) is 3.56. The van der Waals surface area contributed by atoms with Crippen molar-refractivity contribution in [3.05, 3.63) is 40.7 Å². The van der Waals surface area contributed by atoms with Crippen LogP contribution in [0.5, 0.6) is 0 Å². The second kappa shape index (κ2) is 4.94. The molecule has 0 saturated carbocycles. The van der Waals surface area contributed by atoms with Crippen LogP contribution in [-0.4, -0.2) is 15.6 Å². The average molecular weight is 263 g/mol. The van der Waals surface area contributed by atoms with Gasteiger partial charge in [-0.15, -0.1) is 0 Å². The Morgan fingerprint density at radius 3 is 2.67 bits per heavy atom. The Morgan fingerprint density at radius 1 is 1.44 bits per heavy atom. The highest BCUT2D eigenvalue weighted by atomic mass is 35.5. The topological polar surface area (TPSA) is 34.9 Å². The lowest BCUT2D eigenvalue weighted by atomic mass is 10.0. The first-order valence-corrected chi connectivity index (χ1v) is 6.25. The molecule has 3 nitrogen and oxygen atoms in total. The van der Waals surface area contributed by atoms with Crippen molar-refractivity contribution in [2.75, 3.05) is 0 Å². The van der Waals surface area contributed by atoms with Crippen molar-refractivity contribution in [2.45, 2.75) is 27.3 Å². The van der Waals surface area contributed by atoms with Crippen LogP contribution in [-0.2, 0) is 6.54 Å². The van der Waals surface area contributed by atoms with Crippen molar-refractivity contribution in [3.8, 4) is 11.1 Å². The molecule has 0 aliphatic heterocycles. The zero-order chi connectivity index (χ0) is 13.3. The van der Waals surface area contributed by atoms with Gasteiger partial charge in [-0.25, -0.2) is 0 Å². The lowest BCUT2D eigenvalue weighted by molar-refractivity contribution is 0.101. The first kappa shape index (κ1) is 12.8. The zero-order valence-electron chi connectivity index (χ0n) is 10.7. The fourth-order valence-electron chi connectivity index (χ4n) is 1.93. The Bertz CT molecular complexity index is 602. The molecule has 0 radical (unpaired) electrons. The van der Waals surface area contributed by atoms with Gasteiger partial charge in [0.05, 0.1) is 10.7 Å². The molecule has 0 fully saturated rings. The quantitative estimate of drug-likeness (QED) is 0.790. The van der Waals surface area contributed by atoms with Gasteiger partial charge in [0.25, 0.3) is 0 Å². The Balaban J connectivity index is 2.48. The van der Waals surface area contributed by atoms with Crippen LogP contribution in [0.1, 0.15) is 29.9 Å². The van der Waals surface area contributed by atoms with Crippen molar-refractivity contribution < 1.29 is 4.79 Å². The summed E-state index contributed by atoms with van der Waals surface area (Å²) in [5, 5.41) is 4.89. The number of carbonyl (C=O) groups excluding carboxylic acids is 1. The summed E-state index contributed by atoms with van der Waals surface area (Å²) in [5.74, 6) is -0.0208. The number of rotatable bonds is 3. The third-order valence-electron chi connectivity index (χ3n) is 2.93. The number of carbonyl (C=O) groups is 1. The smallest absolute Gasteiger partial charge is 0.161 e. The molecule has 94 valence electrons. The van der Waals surface area contributed by atoms with Crippen LogP contribution >= 0.6 is 11.6 Å². The highest BCUT2D eigenvalue weighted by Crippen LogP contribution is 2.27. The molecular weight excluding hydrogens is 248 g/mol. The third kappa shape index (κ3) is 2.31. The first-order chi connectivity index (χ1) is 8.52. The summed E-state index contributed by atoms with van der Waals surface area (Å²) in [6, 6.07) is 5.50. The molecule has 0 aliphatic rings. The van der Waals surface area contributed by atoms with E-state index in [1.54, 1.807) is 6.07 Å². The van der Waals surface area contributed by atoms with Gasteiger partial charge in [-0.05, 0) is 38.5 Å². The van der Waals surface area contributed by atoms with Gasteiger partial charge in [0.15, 0.2) is 5.78 Å². The minimum absolute atomic E-state index is 0.0208. The highest BCUT2D eigenvalue weighted by Gasteiger charge is 2.10. The van der Waals surface area contributed by atoms with Crippen molar-refractivity contribution >= 4 is 17.4 Å². The van der Waals surface area contributed by atoms with Crippen molar-refractivity contribution in [3.63, 3.8) is 0 Å². The number of Topliss-reactive ketones (excluding diaryl/α,β-unsaturated/α-hetero) is 1. The van der Waals surface area contributed by atoms with E-state index < -0.39 is 0 Å². The van der Waals surface area contributed by atoms with Gasteiger partial charge in [0, 0.05) is 23.9 Å². The van der Waals surface area contributed by atoms with Gasteiger partial charge >= 0.3 is 0 Å². The largest absolute Gasteiger partial charge is 0.294 e. The minimum atomic E-state index is -0.0208. The molecule has 0 unspecified atom stereocenters. The zero-order valence-corrected chi connectivity index (χ0v) is 11.5. The fourth-order valence-corrected chi connectivity index (χ4v) is 2.25. The van der Waals surface area contributed by atoms with Crippen LogP contribution in [0.3, 0.4) is 0 Å². The van der Waals surface area contributed by atoms with Crippen LogP contribution in [0.15, 0.2) is 24.4 Å². The van der Waals surface area contributed by atoms with E-state index >= 15 is 0 Å². The lowest BCUT2D eigenvalue weighted by Gasteiger charge is -2.03. The van der Waals surface area contributed by atoms with Crippen LogP contribution < -0.4 is 0 Å². The molecule has 0 saturated heterocycles. The molecule has 2 aromatic rings. The maximum Gasteiger partial charge on any atom is 0.161 e. The van der Waals surface area contributed by atoms with E-state index in [2.05, 4.69) is 5.10 Å². The van der Waals surface area contributed by atoms with Gasteiger partial charge in [-0.3, -0.25) is 9.48 Å². The molecular formula is C14H15ClN2O. The number of aromatic nitrogens is 2. The van der Waals surface area contributed by atoms with E-state index in [9.17, 15) is 4.79 Å². The summed E-state index contributed by atoms with van der Waals surface area (Å²) in [6.07, 6.45) is 1.99. The molecule has 4 heteroatoms. The van der Waals surface area contributed by atoms with Crippen LogP contribution in [0.25, 0.3) is 11.1 Å². The summed E-state index contributed by atoms with van der Waals surface area (Å²) in [7, 11) is 0. The molecule has 1 aromatic heterocycles. The lowest BCUT2D eigenvalue weighted by Crippen LogP contribution is -1.93. The second-order valence-corrected chi connectivity index (χ2v) is 4.64. The number of nitrogens with zero attached hydrogens (tertiary/aromatic N) is 2. The number of ketones is 1. The maximum atomic E-state index is 11.3. The van der Waals surface area contributed by atoms with E-state index in [0.717, 1.165) is 23.4 Å². The number of halogens is 1. The standard InChI is InChI=1S/C14H15ClN2O/c1-4-17-8-13(9(2)16-17)11-5-6-12(10(3)18)14(15)7-11/h5-8H,4H2,1-3H3. The molecule has 0 aliphatic carbocycles. The van der Waals surface area contributed by atoms with E-state index in [1.807, 2.05) is 36.9 Å². The minimum Gasteiger partial charge on any atom is -0.294 e. The predicted octanol–water partition coefficient (Wildman–Crippen LogP) is 3.73. The van der Waals surface area contributed by atoms with E-state index in [4.69, 9.17) is 11.6 Å². The number of hydrogen-bond acceptors (Lipinski definition) is 2. The SMILES string of the molecule is CCn1cc(-c2ccc(C(C)=O)c(Cl)c2)c(C)n1. The van der Waals surface area contributed by atoms with Crippen molar-refractivity contribution in [1.29, 1.82) is 0 Å². The molecule has 2 rings (SSSR count). The molecule has 1 aromatic carbocycles. The predicted molar refractivity (Wildman–Crippen MR) is 73.1 cm³/mol. The molecule has 0 spiro atoms. The second-order valence-electron chi connectivity index (χ2n) is 4.23. The molecule has 1 heterocycles. The van der Waals surface area contributed by atoms with E-state index in [0.29, 0.717) is 10.6 Å². The van der Waals surface area contributed by atoms with Crippen molar-refractivity contribution in [1.82, 2.24) is 9.78 Å². The first-order valence-electron chi connectivity index (χ1n) is 5.87. The number of aryl methyl sites for hydroxylation is 2. The van der Waals surface area contributed by atoms with Gasteiger partial charge < -0.3 is 0 Å². The summed E-state index contributed by atoms with van der Waals surface area (Å²) >= 11 is 6.12. The Kier molecular flexibility index (Phi) is 3.53. The van der Waals surface area contributed by atoms with Gasteiger partial charge in [0.2, 0.25) is 0 Å². The Morgan fingerprint density at radius 2 is 2.17 bits per heavy atom. The fraction of sp³-hybridized carbons (Fsp3) is 0.286. The third-order valence-corrected chi connectivity index (χ3v) is 3.24. The molecule has 0 bridgehead atoms. The molecule has 0 amide bonds. The Labute approximate surface area is 111 Å². The monoisotopic (exact) mass is 262 g/mol. The molecule has 18 heavy (non-hydrogen) atoms. The Hall–Kier alpha value is -1.61.